The van der Waals surface area contributed by atoms with Gasteiger partial charge in [0.2, 0.25) is 0 Å². The summed E-state index contributed by atoms with van der Waals surface area (Å²) in [5.74, 6) is 0. The van der Waals surface area contributed by atoms with Crippen LogP contribution in [0.5, 0.6) is 0 Å². The SMILES string of the molecule is C=C1C=C(C(C)(C)C)C=C(C(C)(C)C)C1(O)N(C)C1(O)C(=C)C=C(C(C)(C)C)C=C1C(C)(C)C. The van der Waals surface area contributed by atoms with Crippen LogP contribution in [0.15, 0.2) is 70.9 Å². The molecule has 2 atom stereocenters. The molecule has 0 saturated carbocycles. The summed E-state index contributed by atoms with van der Waals surface area (Å²) < 4.78 is 0. The number of likely N-dealkylation sites (N-methyl/N-ethyl adjacent to an activating group) is 1. The molecule has 0 bridgehead atoms. The molecule has 0 amide bonds. The topological polar surface area (TPSA) is 43.7 Å². The molecule has 0 aromatic heterocycles. The standard InChI is InChI=1S/C31H49NO2/c1-20-16-22(26(3,4)5)18-24(28(9,10)11)30(20,33)32(15)31(34)21(2)17-23(27(6,7)8)19-25(31)29(12,13)14/h16-19,33-34H,1-2H2,3-15H3. The van der Waals surface area contributed by atoms with Gasteiger partial charge in [0, 0.05) is 0 Å². The third-order valence-corrected chi connectivity index (χ3v) is 7.22. The van der Waals surface area contributed by atoms with E-state index in [0.29, 0.717) is 11.1 Å². The Balaban J connectivity index is 2.83. The average Bonchev–Trinajstić information content (AvgIpc) is 2.61. The Morgan fingerprint density at radius 3 is 1.03 bits per heavy atom. The molecule has 0 fully saturated rings. The minimum absolute atomic E-state index is 0.106. The Labute approximate surface area is 209 Å². The van der Waals surface area contributed by atoms with Gasteiger partial charge in [-0.2, -0.15) is 0 Å². The van der Waals surface area contributed by atoms with Crippen LogP contribution >= 0.6 is 0 Å². The van der Waals surface area contributed by atoms with E-state index in [4.69, 9.17) is 0 Å². The van der Waals surface area contributed by atoms with Crippen LogP contribution in [-0.4, -0.2) is 33.6 Å². The van der Waals surface area contributed by atoms with Gasteiger partial charge in [0.25, 0.3) is 0 Å². The quantitative estimate of drug-likeness (QED) is 0.418. The van der Waals surface area contributed by atoms with Crippen LogP contribution in [0, 0.1) is 21.7 Å². The lowest BCUT2D eigenvalue weighted by molar-refractivity contribution is -0.157. The van der Waals surface area contributed by atoms with Crippen LogP contribution < -0.4 is 0 Å². The van der Waals surface area contributed by atoms with Crippen LogP contribution in [0.1, 0.15) is 83.1 Å². The lowest BCUT2D eigenvalue weighted by Gasteiger charge is -2.56. The second-order valence-corrected chi connectivity index (χ2v) is 14.3. The lowest BCUT2D eigenvalue weighted by Crippen LogP contribution is -2.65. The summed E-state index contributed by atoms with van der Waals surface area (Å²) in [6.07, 6.45) is 8.13. The van der Waals surface area contributed by atoms with Gasteiger partial charge < -0.3 is 10.2 Å². The summed E-state index contributed by atoms with van der Waals surface area (Å²) in [5.41, 5.74) is 0.774. The van der Waals surface area contributed by atoms with Crippen molar-refractivity contribution in [1.29, 1.82) is 0 Å². The molecule has 2 rings (SSSR count). The minimum Gasteiger partial charge on any atom is -0.367 e. The Morgan fingerprint density at radius 1 is 0.559 bits per heavy atom. The predicted molar refractivity (Wildman–Crippen MR) is 146 cm³/mol. The maximum absolute atomic E-state index is 12.5. The fraction of sp³-hybridized carbons (Fsp3) is 0.613. The highest BCUT2D eigenvalue weighted by molar-refractivity contribution is 5.56. The Bertz CT molecular complexity index is 924. The number of rotatable bonds is 2. The second-order valence-electron chi connectivity index (χ2n) is 14.3. The first-order chi connectivity index (χ1) is 14.9. The van der Waals surface area contributed by atoms with Gasteiger partial charge in [0.05, 0.1) is 0 Å². The summed E-state index contributed by atoms with van der Waals surface area (Å²) in [7, 11) is 1.78. The smallest absolute Gasteiger partial charge is 0.169 e. The fourth-order valence-electron chi connectivity index (χ4n) is 4.89. The normalized spacial score (nSPS) is 27.4. The molecule has 0 aromatic rings. The third-order valence-electron chi connectivity index (χ3n) is 7.22. The fourth-order valence-corrected chi connectivity index (χ4v) is 4.89. The molecule has 3 heteroatoms. The predicted octanol–water partition coefficient (Wildman–Crippen LogP) is 7.33. The molecule has 0 spiro atoms. The molecule has 0 radical (unpaired) electrons. The zero-order valence-electron chi connectivity index (χ0n) is 24.1. The van der Waals surface area contributed by atoms with Crippen LogP contribution in [0.3, 0.4) is 0 Å². The van der Waals surface area contributed by atoms with Crippen molar-refractivity contribution in [2.45, 2.75) is 94.5 Å². The summed E-state index contributed by atoms with van der Waals surface area (Å²) in [5, 5.41) is 25.0. The summed E-state index contributed by atoms with van der Waals surface area (Å²) >= 11 is 0. The molecule has 190 valence electrons. The highest BCUT2D eigenvalue weighted by atomic mass is 16.3. The number of allylic oxidation sites excluding steroid dienone is 4. The Kier molecular flexibility index (Phi) is 6.87. The summed E-state index contributed by atoms with van der Waals surface area (Å²) in [4.78, 5) is 1.67. The van der Waals surface area contributed by atoms with E-state index in [0.717, 1.165) is 22.3 Å². The van der Waals surface area contributed by atoms with E-state index in [9.17, 15) is 10.2 Å². The molecule has 2 N–H and O–H groups in total. The highest BCUT2D eigenvalue weighted by Crippen LogP contribution is 2.53. The molecule has 0 saturated heterocycles. The molecule has 2 unspecified atom stereocenters. The number of nitrogens with zero attached hydrogens (tertiary/aromatic N) is 1. The highest BCUT2D eigenvalue weighted by Gasteiger charge is 2.56. The van der Waals surface area contributed by atoms with E-state index in [1.165, 1.54) is 0 Å². The van der Waals surface area contributed by atoms with Crippen LogP contribution in [-0.2, 0) is 0 Å². The number of aliphatic hydroxyl groups is 2. The second kappa shape index (κ2) is 8.18. The van der Waals surface area contributed by atoms with Gasteiger partial charge in [-0.3, -0.25) is 0 Å². The van der Waals surface area contributed by atoms with Crippen LogP contribution in [0.25, 0.3) is 0 Å². The maximum Gasteiger partial charge on any atom is 0.169 e. The Hall–Kier alpha value is -1.68. The molecule has 0 aliphatic heterocycles. The average molecular weight is 468 g/mol. The molecular formula is C31H49NO2. The van der Waals surface area contributed by atoms with Crippen molar-refractivity contribution in [1.82, 2.24) is 4.90 Å². The largest absolute Gasteiger partial charge is 0.367 e. The summed E-state index contributed by atoms with van der Waals surface area (Å²) in [6, 6.07) is 0. The summed E-state index contributed by atoms with van der Waals surface area (Å²) in [6.45, 7) is 34.2. The van der Waals surface area contributed by atoms with Crippen molar-refractivity contribution in [2.24, 2.45) is 21.7 Å². The van der Waals surface area contributed by atoms with E-state index in [1.807, 2.05) is 12.2 Å². The molecule has 3 nitrogen and oxygen atoms in total. The zero-order valence-corrected chi connectivity index (χ0v) is 24.1. The van der Waals surface area contributed by atoms with Crippen molar-refractivity contribution in [3.05, 3.63) is 70.9 Å². The molecular weight excluding hydrogens is 418 g/mol. The lowest BCUT2D eigenvalue weighted by atomic mass is 9.66. The van der Waals surface area contributed by atoms with Gasteiger partial charge in [-0.15, -0.1) is 0 Å². The zero-order chi connectivity index (χ0) is 26.9. The first-order valence-electron chi connectivity index (χ1n) is 12.4. The van der Waals surface area contributed by atoms with Gasteiger partial charge in [0.1, 0.15) is 0 Å². The Morgan fingerprint density at radius 2 is 0.824 bits per heavy atom. The number of hydrogen-bond acceptors (Lipinski definition) is 3. The van der Waals surface area contributed by atoms with Gasteiger partial charge in [-0.1, -0.05) is 121 Å². The van der Waals surface area contributed by atoms with Gasteiger partial charge in [-0.25, -0.2) is 4.90 Å². The van der Waals surface area contributed by atoms with E-state index in [1.54, 1.807) is 11.9 Å². The van der Waals surface area contributed by atoms with E-state index in [2.05, 4.69) is 108 Å². The molecule has 2 aliphatic carbocycles. The molecule has 2 aliphatic rings. The van der Waals surface area contributed by atoms with Crippen LogP contribution in [0.2, 0.25) is 0 Å². The number of hydrogen-bond donors (Lipinski definition) is 2. The molecule has 0 heterocycles. The van der Waals surface area contributed by atoms with Crippen LogP contribution in [0.4, 0.5) is 0 Å². The minimum atomic E-state index is -1.60. The van der Waals surface area contributed by atoms with Crippen molar-refractivity contribution in [3.63, 3.8) is 0 Å². The van der Waals surface area contributed by atoms with E-state index < -0.39 is 11.4 Å². The van der Waals surface area contributed by atoms with Gasteiger partial charge in [0.15, 0.2) is 11.4 Å². The van der Waals surface area contributed by atoms with Crippen molar-refractivity contribution in [2.75, 3.05) is 7.05 Å². The first kappa shape index (κ1) is 28.6. The van der Waals surface area contributed by atoms with E-state index >= 15 is 0 Å². The van der Waals surface area contributed by atoms with Crippen molar-refractivity contribution >= 4 is 0 Å². The van der Waals surface area contributed by atoms with Crippen molar-refractivity contribution in [3.8, 4) is 0 Å². The van der Waals surface area contributed by atoms with Crippen molar-refractivity contribution < 1.29 is 10.2 Å². The monoisotopic (exact) mass is 467 g/mol. The van der Waals surface area contributed by atoms with Gasteiger partial charge >= 0.3 is 0 Å². The van der Waals surface area contributed by atoms with E-state index in [-0.39, 0.29) is 21.7 Å². The maximum atomic E-state index is 12.5. The first-order valence-corrected chi connectivity index (χ1v) is 12.4. The molecule has 34 heavy (non-hydrogen) atoms. The third kappa shape index (κ3) is 4.72. The van der Waals surface area contributed by atoms with Gasteiger partial charge in [-0.05, 0) is 62.1 Å². The molecule has 0 aromatic carbocycles.